The summed E-state index contributed by atoms with van der Waals surface area (Å²) in [5.74, 6) is 1.38. The standard InChI is InChI=1S/C19H30N2O2/c1-19(2,3)16-6-8-17(9-7-16)23-14-18(22)21-12-10-15-5-4-11-20-13-15/h6-9,15,20H,4-5,10-14H2,1-3H3,(H,21,22). The first-order chi connectivity index (χ1) is 10.9. The molecule has 1 heterocycles. The fraction of sp³-hybridized carbons (Fsp3) is 0.632. The molecule has 23 heavy (non-hydrogen) atoms. The number of hydrogen-bond donors (Lipinski definition) is 2. The second-order valence-corrected chi connectivity index (χ2v) is 7.41. The van der Waals surface area contributed by atoms with Crippen LogP contribution in [0.2, 0.25) is 0 Å². The van der Waals surface area contributed by atoms with E-state index in [4.69, 9.17) is 4.74 Å². The highest BCUT2D eigenvalue weighted by molar-refractivity contribution is 5.77. The summed E-state index contributed by atoms with van der Waals surface area (Å²) >= 11 is 0. The number of carbonyl (C=O) groups excluding carboxylic acids is 1. The highest BCUT2D eigenvalue weighted by Crippen LogP contribution is 2.24. The number of ether oxygens (including phenoxy) is 1. The molecule has 0 bridgehead atoms. The monoisotopic (exact) mass is 318 g/mol. The van der Waals surface area contributed by atoms with Crippen LogP contribution in [0.4, 0.5) is 0 Å². The van der Waals surface area contributed by atoms with Gasteiger partial charge in [0, 0.05) is 6.54 Å². The Labute approximate surface area is 140 Å². The molecule has 1 saturated heterocycles. The molecule has 1 aliphatic heterocycles. The van der Waals surface area contributed by atoms with E-state index >= 15 is 0 Å². The maximum atomic E-state index is 11.8. The van der Waals surface area contributed by atoms with E-state index in [1.165, 1.54) is 18.4 Å². The molecule has 0 aliphatic carbocycles. The first kappa shape index (κ1) is 17.8. The normalized spacial score (nSPS) is 18.5. The van der Waals surface area contributed by atoms with Crippen LogP contribution in [0.1, 0.15) is 45.6 Å². The number of nitrogens with one attached hydrogen (secondary N) is 2. The predicted octanol–water partition coefficient (Wildman–Crippen LogP) is 2.87. The van der Waals surface area contributed by atoms with Crippen molar-refractivity contribution in [2.45, 2.75) is 45.4 Å². The molecule has 4 nitrogen and oxygen atoms in total. The Bertz CT molecular complexity index is 485. The number of carbonyl (C=O) groups is 1. The summed E-state index contributed by atoms with van der Waals surface area (Å²) in [6, 6.07) is 7.98. The summed E-state index contributed by atoms with van der Waals surface area (Å²) < 4.78 is 5.55. The van der Waals surface area contributed by atoms with Gasteiger partial charge < -0.3 is 15.4 Å². The van der Waals surface area contributed by atoms with Crippen LogP contribution >= 0.6 is 0 Å². The van der Waals surface area contributed by atoms with Gasteiger partial charge in [-0.05, 0) is 61.4 Å². The van der Waals surface area contributed by atoms with Crippen molar-refractivity contribution >= 4 is 5.91 Å². The topological polar surface area (TPSA) is 50.4 Å². The third-order valence-corrected chi connectivity index (χ3v) is 4.36. The van der Waals surface area contributed by atoms with Crippen LogP contribution in [0.15, 0.2) is 24.3 Å². The van der Waals surface area contributed by atoms with Crippen LogP contribution < -0.4 is 15.4 Å². The summed E-state index contributed by atoms with van der Waals surface area (Å²) in [5.41, 5.74) is 1.39. The molecular weight excluding hydrogens is 288 g/mol. The average molecular weight is 318 g/mol. The molecule has 1 aromatic rings. The lowest BCUT2D eigenvalue weighted by Crippen LogP contribution is -2.34. The van der Waals surface area contributed by atoms with Crippen LogP contribution in [0.5, 0.6) is 5.75 Å². The molecule has 1 fully saturated rings. The summed E-state index contributed by atoms with van der Waals surface area (Å²) in [4.78, 5) is 11.8. The van der Waals surface area contributed by atoms with Crippen LogP contribution in [-0.2, 0) is 10.2 Å². The smallest absolute Gasteiger partial charge is 0.257 e. The molecule has 0 aromatic heterocycles. The minimum atomic E-state index is -0.0475. The minimum Gasteiger partial charge on any atom is -0.484 e. The Morgan fingerprint density at radius 3 is 2.65 bits per heavy atom. The van der Waals surface area contributed by atoms with E-state index in [9.17, 15) is 4.79 Å². The van der Waals surface area contributed by atoms with E-state index in [2.05, 4.69) is 43.5 Å². The van der Waals surface area contributed by atoms with Gasteiger partial charge in [-0.1, -0.05) is 32.9 Å². The van der Waals surface area contributed by atoms with Crippen molar-refractivity contribution in [3.05, 3.63) is 29.8 Å². The van der Waals surface area contributed by atoms with Crippen molar-refractivity contribution in [2.24, 2.45) is 5.92 Å². The molecule has 128 valence electrons. The second kappa shape index (κ2) is 8.34. The third-order valence-electron chi connectivity index (χ3n) is 4.36. The fourth-order valence-electron chi connectivity index (χ4n) is 2.84. The van der Waals surface area contributed by atoms with E-state index in [0.717, 1.165) is 31.8 Å². The Balaban J connectivity index is 1.65. The summed E-state index contributed by atoms with van der Waals surface area (Å²) in [5, 5.41) is 6.34. The molecule has 1 atom stereocenters. The van der Waals surface area contributed by atoms with E-state index in [0.29, 0.717) is 5.92 Å². The van der Waals surface area contributed by atoms with Gasteiger partial charge in [0.2, 0.25) is 0 Å². The quantitative estimate of drug-likeness (QED) is 0.848. The number of hydrogen-bond acceptors (Lipinski definition) is 3. The fourth-order valence-corrected chi connectivity index (χ4v) is 2.84. The van der Waals surface area contributed by atoms with Gasteiger partial charge in [0.25, 0.3) is 5.91 Å². The third kappa shape index (κ3) is 6.22. The molecule has 1 aromatic carbocycles. The predicted molar refractivity (Wildman–Crippen MR) is 93.9 cm³/mol. The molecular formula is C19H30N2O2. The van der Waals surface area contributed by atoms with Crippen molar-refractivity contribution in [3.63, 3.8) is 0 Å². The minimum absolute atomic E-state index is 0.0475. The van der Waals surface area contributed by atoms with Gasteiger partial charge in [-0.3, -0.25) is 4.79 Å². The lowest BCUT2D eigenvalue weighted by molar-refractivity contribution is -0.123. The zero-order valence-electron chi connectivity index (χ0n) is 14.7. The Kier molecular flexibility index (Phi) is 6.46. The number of rotatable bonds is 6. The van der Waals surface area contributed by atoms with Gasteiger partial charge in [0.15, 0.2) is 6.61 Å². The first-order valence-electron chi connectivity index (χ1n) is 8.66. The maximum Gasteiger partial charge on any atom is 0.257 e. The molecule has 1 unspecified atom stereocenters. The molecule has 2 N–H and O–H groups in total. The Morgan fingerprint density at radius 2 is 2.04 bits per heavy atom. The molecule has 4 heteroatoms. The maximum absolute atomic E-state index is 11.8. The van der Waals surface area contributed by atoms with Gasteiger partial charge in [0.05, 0.1) is 0 Å². The summed E-state index contributed by atoms with van der Waals surface area (Å²) in [6.45, 7) is 9.56. The van der Waals surface area contributed by atoms with Crippen molar-refractivity contribution in [3.8, 4) is 5.75 Å². The zero-order valence-corrected chi connectivity index (χ0v) is 14.7. The molecule has 0 saturated carbocycles. The van der Waals surface area contributed by atoms with E-state index in [1.807, 2.05) is 12.1 Å². The number of amides is 1. The van der Waals surface area contributed by atoms with E-state index < -0.39 is 0 Å². The largest absolute Gasteiger partial charge is 0.484 e. The van der Waals surface area contributed by atoms with E-state index in [-0.39, 0.29) is 17.9 Å². The van der Waals surface area contributed by atoms with Crippen molar-refractivity contribution in [1.29, 1.82) is 0 Å². The van der Waals surface area contributed by atoms with Gasteiger partial charge in [-0.15, -0.1) is 0 Å². The van der Waals surface area contributed by atoms with Crippen molar-refractivity contribution < 1.29 is 9.53 Å². The molecule has 0 spiro atoms. The summed E-state index contributed by atoms with van der Waals surface area (Å²) in [6.07, 6.45) is 3.55. The zero-order chi connectivity index (χ0) is 16.7. The SMILES string of the molecule is CC(C)(C)c1ccc(OCC(=O)NCCC2CCCNC2)cc1. The van der Waals surface area contributed by atoms with Gasteiger partial charge in [0.1, 0.15) is 5.75 Å². The first-order valence-corrected chi connectivity index (χ1v) is 8.66. The lowest BCUT2D eigenvalue weighted by Gasteiger charge is -2.22. The van der Waals surface area contributed by atoms with Gasteiger partial charge in [-0.2, -0.15) is 0 Å². The van der Waals surface area contributed by atoms with Gasteiger partial charge in [-0.25, -0.2) is 0 Å². The molecule has 0 radical (unpaired) electrons. The average Bonchev–Trinajstić information content (AvgIpc) is 2.53. The van der Waals surface area contributed by atoms with Crippen LogP contribution in [0, 0.1) is 5.92 Å². The van der Waals surface area contributed by atoms with Gasteiger partial charge >= 0.3 is 0 Å². The highest BCUT2D eigenvalue weighted by atomic mass is 16.5. The Morgan fingerprint density at radius 1 is 1.30 bits per heavy atom. The van der Waals surface area contributed by atoms with Crippen LogP contribution in [0.3, 0.4) is 0 Å². The summed E-state index contributed by atoms with van der Waals surface area (Å²) in [7, 11) is 0. The Hall–Kier alpha value is -1.55. The molecule has 1 amide bonds. The second-order valence-electron chi connectivity index (χ2n) is 7.41. The highest BCUT2D eigenvalue weighted by Gasteiger charge is 2.14. The van der Waals surface area contributed by atoms with Crippen molar-refractivity contribution in [2.75, 3.05) is 26.2 Å². The molecule has 1 aliphatic rings. The lowest BCUT2D eigenvalue weighted by atomic mass is 9.87. The number of piperidine rings is 1. The number of benzene rings is 1. The van der Waals surface area contributed by atoms with Crippen molar-refractivity contribution in [1.82, 2.24) is 10.6 Å². The van der Waals surface area contributed by atoms with Crippen LogP contribution in [-0.4, -0.2) is 32.1 Å². The van der Waals surface area contributed by atoms with E-state index in [1.54, 1.807) is 0 Å². The van der Waals surface area contributed by atoms with Crippen LogP contribution in [0.25, 0.3) is 0 Å². The molecule has 2 rings (SSSR count).